The van der Waals surface area contributed by atoms with E-state index in [0.717, 1.165) is 4.31 Å². The van der Waals surface area contributed by atoms with Gasteiger partial charge in [0.2, 0.25) is 11.8 Å². The van der Waals surface area contributed by atoms with Crippen LogP contribution in [0.25, 0.3) is 0 Å². The van der Waals surface area contributed by atoms with Crippen molar-refractivity contribution < 1.29 is 18.0 Å². The quantitative estimate of drug-likeness (QED) is 0.714. The number of nitrogens with two attached hydrogens (primary N) is 1. The molecule has 1 aliphatic rings. The molecule has 0 spiro atoms. The lowest BCUT2D eigenvalue weighted by Gasteiger charge is -2.20. The molecule has 0 bridgehead atoms. The Bertz CT molecular complexity index is 683. The molecule has 2 amide bonds. The Morgan fingerprint density at radius 3 is 2.50 bits per heavy atom. The zero-order chi connectivity index (χ0) is 16.5. The molecule has 2 heterocycles. The summed E-state index contributed by atoms with van der Waals surface area (Å²) in [7, 11) is -2.16. The van der Waals surface area contributed by atoms with Crippen LogP contribution in [0.4, 0.5) is 0 Å². The molecular formula is C12H19N5O4S. The van der Waals surface area contributed by atoms with Gasteiger partial charge in [0.25, 0.3) is 10.0 Å². The van der Waals surface area contributed by atoms with Crippen molar-refractivity contribution in [2.24, 2.45) is 18.7 Å². The topological polar surface area (TPSA) is 119 Å². The molecule has 0 saturated carbocycles. The zero-order valence-corrected chi connectivity index (χ0v) is 13.3. The summed E-state index contributed by atoms with van der Waals surface area (Å²) in [6.07, 6.45) is 2.78. The van der Waals surface area contributed by atoms with Crippen molar-refractivity contribution in [2.45, 2.75) is 11.9 Å². The van der Waals surface area contributed by atoms with Crippen LogP contribution in [0.1, 0.15) is 6.92 Å². The van der Waals surface area contributed by atoms with Gasteiger partial charge in [-0.05, 0) is 0 Å². The van der Waals surface area contributed by atoms with Crippen LogP contribution >= 0.6 is 0 Å². The van der Waals surface area contributed by atoms with E-state index in [9.17, 15) is 18.0 Å². The number of nitrogens with zero attached hydrogens (tertiary/aromatic N) is 4. The standard InChI is InChI=1S/C12H19N5O4S/c1-9(18)16-3-4-17(6-10(5-16)12(13)19)22(20,21)11-7-15(2)8-14-11/h7-8,10H,3-6H2,1-2H3,(H2,13,19). The van der Waals surface area contributed by atoms with Crippen LogP contribution in [0, 0.1) is 5.92 Å². The van der Waals surface area contributed by atoms with Crippen molar-refractivity contribution in [3.05, 3.63) is 12.5 Å². The van der Waals surface area contributed by atoms with E-state index in [2.05, 4.69) is 4.98 Å². The number of amides is 2. The van der Waals surface area contributed by atoms with Crippen LogP contribution < -0.4 is 5.73 Å². The van der Waals surface area contributed by atoms with Gasteiger partial charge in [-0.15, -0.1) is 0 Å². The molecule has 1 unspecified atom stereocenters. The van der Waals surface area contributed by atoms with Crippen molar-refractivity contribution >= 4 is 21.8 Å². The summed E-state index contributed by atoms with van der Waals surface area (Å²) in [4.78, 5) is 28.4. The van der Waals surface area contributed by atoms with Gasteiger partial charge in [-0.2, -0.15) is 4.31 Å². The summed E-state index contributed by atoms with van der Waals surface area (Å²) < 4.78 is 27.9. The monoisotopic (exact) mass is 329 g/mol. The first-order chi connectivity index (χ1) is 10.2. The predicted octanol–water partition coefficient (Wildman–Crippen LogP) is -1.63. The average molecular weight is 329 g/mol. The van der Waals surface area contributed by atoms with Crippen molar-refractivity contribution in [1.82, 2.24) is 18.8 Å². The third-order valence-corrected chi connectivity index (χ3v) is 5.37. The van der Waals surface area contributed by atoms with E-state index in [1.165, 1.54) is 28.9 Å². The highest BCUT2D eigenvalue weighted by Gasteiger charge is 2.35. The van der Waals surface area contributed by atoms with Gasteiger partial charge in [0.1, 0.15) is 0 Å². The van der Waals surface area contributed by atoms with Gasteiger partial charge < -0.3 is 15.2 Å². The number of hydrogen-bond donors (Lipinski definition) is 1. The minimum Gasteiger partial charge on any atom is -0.369 e. The second-order valence-corrected chi connectivity index (χ2v) is 7.19. The van der Waals surface area contributed by atoms with Crippen LogP contribution in [0.2, 0.25) is 0 Å². The number of hydrogen-bond acceptors (Lipinski definition) is 5. The van der Waals surface area contributed by atoms with Gasteiger partial charge in [-0.1, -0.05) is 0 Å². The van der Waals surface area contributed by atoms with E-state index in [-0.39, 0.29) is 37.1 Å². The van der Waals surface area contributed by atoms with Crippen LogP contribution in [-0.4, -0.2) is 65.2 Å². The number of carbonyl (C=O) groups is 2. The number of aromatic nitrogens is 2. The highest BCUT2D eigenvalue weighted by Crippen LogP contribution is 2.18. The normalized spacial score (nSPS) is 20.6. The third kappa shape index (κ3) is 3.28. The third-order valence-electron chi connectivity index (χ3n) is 3.62. The van der Waals surface area contributed by atoms with E-state index in [0.29, 0.717) is 0 Å². The Kier molecular flexibility index (Phi) is 4.52. The molecule has 9 nitrogen and oxygen atoms in total. The highest BCUT2D eigenvalue weighted by atomic mass is 32.2. The minimum absolute atomic E-state index is 0.0575. The lowest BCUT2D eigenvalue weighted by Crippen LogP contribution is -2.40. The Morgan fingerprint density at radius 2 is 2.00 bits per heavy atom. The van der Waals surface area contributed by atoms with Gasteiger partial charge in [0, 0.05) is 46.3 Å². The minimum atomic E-state index is -3.82. The van der Waals surface area contributed by atoms with Gasteiger partial charge in [0.15, 0.2) is 5.03 Å². The molecule has 1 fully saturated rings. The first-order valence-electron chi connectivity index (χ1n) is 6.74. The lowest BCUT2D eigenvalue weighted by atomic mass is 10.1. The largest absolute Gasteiger partial charge is 0.369 e. The Hall–Kier alpha value is -1.94. The molecule has 10 heteroatoms. The Balaban J connectivity index is 2.30. The van der Waals surface area contributed by atoms with Crippen LogP contribution in [0.15, 0.2) is 17.6 Å². The van der Waals surface area contributed by atoms with Crippen LogP contribution in [0.3, 0.4) is 0 Å². The fourth-order valence-electron chi connectivity index (χ4n) is 2.32. The van der Waals surface area contributed by atoms with Crippen molar-refractivity contribution in [3.8, 4) is 0 Å². The van der Waals surface area contributed by atoms with Crippen molar-refractivity contribution in [1.29, 1.82) is 0 Å². The van der Waals surface area contributed by atoms with E-state index < -0.39 is 21.8 Å². The second kappa shape index (κ2) is 6.05. The molecule has 122 valence electrons. The van der Waals surface area contributed by atoms with E-state index in [1.54, 1.807) is 7.05 Å². The van der Waals surface area contributed by atoms with Gasteiger partial charge >= 0.3 is 0 Å². The zero-order valence-electron chi connectivity index (χ0n) is 12.5. The second-order valence-electron chi connectivity index (χ2n) is 5.30. The molecule has 1 aromatic rings. The van der Waals surface area contributed by atoms with E-state index in [4.69, 9.17) is 5.73 Å². The van der Waals surface area contributed by atoms with Crippen LogP contribution in [-0.2, 0) is 26.7 Å². The molecule has 0 radical (unpaired) electrons. The summed E-state index contributed by atoms with van der Waals surface area (Å²) in [5.41, 5.74) is 5.33. The number of primary amides is 1. The highest BCUT2D eigenvalue weighted by molar-refractivity contribution is 7.89. The molecule has 2 rings (SSSR count). The summed E-state index contributed by atoms with van der Waals surface area (Å²) >= 11 is 0. The molecule has 22 heavy (non-hydrogen) atoms. The molecule has 1 saturated heterocycles. The number of imidazole rings is 1. The number of carbonyl (C=O) groups excluding carboxylic acids is 2. The Morgan fingerprint density at radius 1 is 1.32 bits per heavy atom. The number of rotatable bonds is 3. The summed E-state index contributed by atoms with van der Waals surface area (Å²) in [6, 6.07) is 0. The predicted molar refractivity (Wildman–Crippen MR) is 76.9 cm³/mol. The first kappa shape index (κ1) is 16.4. The van der Waals surface area contributed by atoms with Gasteiger partial charge in [0.05, 0.1) is 12.2 Å². The lowest BCUT2D eigenvalue weighted by molar-refractivity contribution is -0.130. The molecule has 1 aromatic heterocycles. The molecule has 2 N–H and O–H groups in total. The summed E-state index contributed by atoms with van der Waals surface area (Å²) in [5.74, 6) is -1.59. The smallest absolute Gasteiger partial charge is 0.262 e. The molecule has 1 aliphatic heterocycles. The summed E-state index contributed by atoms with van der Waals surface area (Å²) in [5, 5.41) is -0.0884. The van der Waals surface area contributed by atoms with Gasteiger partial charge in [-0.3, -0.25) is 9.59 Å². The first-order valence-corrected chi connectivity index (χ1v) is 8.18. The number of aryl methyl sites for hydroxylation is 1. The maximum Gasteiger partial charge on any atom is 0.262 e. The molecule has 0 aromatic carbocycles. The SMILES string of the molecule is CC(=O)N1CCN(S(=O)(=O)c2cn(C)cn2)CC(C(N)=O)C1. The molecular weight excluding hydrogens is 310 g/mol. The van der Waals surface area contributed by atoms with Crippen molar-refractivity contribution in [2.75, 3.05) is 26.2 Å². The fraction of sp³-hybridized carbons (Fsp3) is 0.583. The maximum atomic E-state index is 12.6. The fourth-order valence-corrected chi connectivity index (χ4v) is 3.77. The van der Waals surface area contributed by atoms with Gasteiger partial charge in [-0.25, -0.2) is 13.4 Å². The Labute approximate surface area is 128 Å². The van der Waals surface area contributed by atoms with E-state index in [1.807, 2.05) is 0 Å². The van der Waals surface area contributed by atoms with Crippen LogP contribution in [0.5, 0.6) is 0 Å². The maximum absolute atomic E-state index is 12.6. The average Bonchev–Trinajstić information content (AvgIpc) is 2.74. The molecule has 1 atom stereocenters. The van der Waals surface area contributed by atoms with Crippen molar-refractivity contribution in [3.63, 3.8) is 0 Å². The number of sulfonamides is 1. The molecule has 0 aliphatic carbocycles. The summed E-state index contributed by atoms with van der Waals surface area (Å²) in [6.45, 7) is 1.76. The van der Waals surface area contributed by atoms with E-state index >= 15 is 0 Å².